The molecule has 0 radical (unpaired) electrons. The Morgan fingerprint density at radius 1 is 1.00 bits per heavy atom. The van der Waals surface area contributed by atoms with Crippen LogP contribution in [0.3, 0.4) is 0 Å². The number of hydrogen-bond donors (Lipinski definition) is 5. The maximum Gasteiger partial charge on any atom is 0.354 e. The van der Waals surface area contributed by atoms with Gasteiger partial charge < -0.3 is 30.4 Å². The molecule has 46 heavy (non-hydrogen) atoms. The van der Waals surface area contributed by atoms with Crippen molar-refractivity contribution in [2.45, 2.75) is 46.6 Å². The van der Waals surface area contributed by atoms with Gasteiger partial charge in [0.05, 0.1) is 31.1 Å². The number of rotatable bonds is 13. The molecule has 246 valence electrons. The van der Waals surface area contributed by atoms with Crippen LogP contribution in [0.1, 0.15) is 77.3 Å². The van der Waals surface area contributed by atoms with Crippen molar-refractivity contribution >= 4 is 39.4 Å². The third kappa shape index (κ3) is 9.59. The molecule has 0 unspecified atom stereocenters. The van der Waals surface area contributed by atoms with Gasteiger partial charge in [0.15, 0.2) is 0 Å². The average Bonchev–Trinajstić information content (AvgIpc) is 2.98. The molecule has 0 saturated carbocycles. The fourth-order valence-corrected chi connectivity index (χ4v) is 4.57. The molecular formula is C32H39N5O8S. The summed E-state index contributed by atoms with van der Waals surface area (Å²) >= 11 is 0. The van der Waals surface area contributed by atoms with Gasteiger partial charge in [-0.15, -0.1) is 0 Å². The van der Waals surface area contributed by atoms with E-state index in [0.717, 1.165) is 18.9 Å². The largest absolute Gasteiger partial charge is 0.478 e. The van der Waals surface area contributed by atoms with Crippen molar-refractivity contribution in [3.63, 3.8) is 0 Å². The van der Waals surface area contributed by atoms with Crippen LogP contribution in [0.5, 0.6) is 5.88 Å². The molecule has 3 aromatic rings. The zero-order valence-electron chi connectivity index (χ0n) is 26.3. The number of amidine groups is 1. The van der Waals surface area contributed by atoms with E-state index in [2.05, 4.69) is 19.8 Å². The highest BCUT2D eigenvalue weighted by Crippen LogP contribution is 2.31. The molecule has 0 bridgehead atoms. The van der Waals surface area contributed by atoms with Crippen molar-refractivity contribution in [2.24, 2.45) is 11.1 Å². The number of aliphatic hydroxyl groups excluding tert-OH is 1. The Morgan fingerprint density at radius 2 is 1.63 bits per heavy atom. The van der Waals surface area contributed by atoms with Crippen molar-refractivity contribution in [1.29, 1.82) is 5.41 Å². The zero-order chi connectivity index (χ0) is 34.2. The number of nitrogens with zero attached hydrogens (tertiary/aromatic N) is 1. The second kappa shape index (κ2) is 15.0. The van der Waals surface area contributed by atoms with E-state index in [0.29, 0.717) is 24.1 Å². The fourth-order valence-electron chi connectivity index (χ4n) is 4.21. The fraction of sp³-hybridized carbons (Fsp3) is 0.344. The van der Waals surface area contributed by atoms with Gasteiger partial charge >= 0.3 is 16.1 Å². The van der Waals surface area contributed by atoms with Crippen LogP contribution in [0.25, 0.3) is 11.1 Å². The van der Waals surface area contributed by atoms with Crippen LogP contribution in [0.15, 0.2) is 54.6 Å². The van der Waals surface area contributed by atoms with Gasteiger partial charge in [0.1, 0.15) is 11.5 Å². The molecule has 0 aliphatic rings. The number of anilines is 1. The van der Waals surface area contributed by atoms with E-state index in [1.165, 1.54) is 24.3 Å². The summed E-state index contributed by atoms with van der Waals surface area (Å²) in [6.07, 6.45) is 2.31. The number of pyridine rings is 1. The average molecular weight is 654 g/mol. The van der Waals surface area contributed by atoms with E-state index in [1.54, 1.807) is 24.3 Å². The van der Waals surface area contributed by atoms with Gasteiger partial charge in [-0.1, -0.05) is 40.2 Å². The minimum absolute atomic E-state index is 0.0176. The van der Waals surface area contributed by atoms with Gasteiger partial charge in [0.25, 0.3) is 11.8 Å². The Kier molecular flexibility index (Phi) is 11.6. The summed E-state index contributed by atoms with van der Waals surface area (Å²) in [5.41, 5.74) is 5.52. The normalized spacial score (nSPS) is 12.1. The molecule has 3 rings (SSSR count). The molecule has 2 amide bonds. The molecule has 2 aromatic carbocycles. The predicted molar refractivity (Wildman–Crippen MR) is 174 cm³/mol. The number of aliphatic hydroxyl groups is 1. The van der Waals surface area contributed by atoms with Crippen LogP contribution >= 0.6 is 0 Å². The first kappa shape index (κ1) is 35.7. The highest BCUT2D eigenvalue weighted by atomic mass is 32.2. The van der Waals surface area contributed by atoms with Crippen LogP contribution in [-0.4, -0.2) is 67.6 Å². The van der Waals surface area contributed by atoms with E-state index < -0.39 is 39.4 Å². The molecule has 14 heteroatoms. The number of amides is 2. The van der Waals surface area contributed by atoms with Gasteiger partial charge in [0.2, 0.25) is 5.88 Å². The molecule has 0 saturated heterocycles. The third-order valence-electron chi connectivity index (χ3n) is 6.84. The first-order valence-electron chi connectivity index (χ1n) is 14.4. The van der Waals surface area contributed by atoms with Crippen LogP contribution in [-0.2, 0) is 14.3 Å². The van der Waals surface area contributed by atoms with E-state index >= 15 is 0 Å². The Labute approximate surface area is 268 Å². The molecule has 0 aliphatic heterocycles. The number of nitrogens with two attached hydrogens (primary N) is 1. The summed E-state index contributed by atoms with van der Waals surface area (Å²) in [6.45, 7) is 7.49. The maximum atomic E-state index is 13.6. The number of hydrogen-bond acceptors (Lipinski definition) is 10. The van der Waals surface area contributed by atoms with Crippen molar-refractivity contribution in [3.8, 4) is 17.0 Å². The first-order chi connectivity index (χ1) is 21.5. The molecule has 0 fully saturated rings. The van der Waals surface area contributed by atoms with Gasteiger partial charge in [-0.3, -0.25) is 15.0 Å². The van der Waals surface area contributed by atoms with Crippen molar-refractivity contribution in [2.75, 3.05) is 24.8 Å². The number of carbonyl (C=O) groups is 3. The Morgan fingerprint density at radius 3 is 2.20 bits per heavy atom. The maximum absolute atomic E-state index is 13.6. The number of unbranched alkanes of at least 4 members (excludes halogenated alkanes) is 1. The van der Waals surface area contributed by atoms with Gasteiger partial charge in [-0.25, -0.2) is 9.78 Å². The summed E-state index contributed by atoms with van der Waals surface area (Å²) in [7, 11) is -4.26. The highest BCUT2D eigenvalue weighted by Gasteiger charge is 2.28. The van der Waals surface area contributed by atoms with Crippen LogP contribution in [0.4, 0.5) is 5.69 Å². The molecule has 13 nitrogen and oxygen atoms in total. The van der Waals surface area contributed by atoms with Crippen molar-refractivity contribution in [3.05, 3.63) is 77.0 Å². The second-order valence-corrected chi connectivity index (χ2v) is 13.2. The number of ether oxygens (including phenoxy) is 1. The zero-order valence-corrected chi connectivity index (χ0v) is 27.2. The topological polar surface area (TPSA) is 211 Å². The molecule has 0 aliphatic carbocycles. The minimum atomic E-state index is -4.26. The lowest BCUT2D eigenvalue weighted by Crippen LogP contribution is -2.46. The van der Waals surface area contributed by atoms with Crippen LogP contribution in [0.2, 0.25) is 0 Å². The van der Waals surface area contributed by atoms with E-state index in [4.69, 9.17) is 15.9 Å². The molecule has 1 atom stereocenters. The summed E-state index contributed by atoms with van der Waals surface area (Å²) in [4.78, 5) is 44.5. The standard InChI is InChI=1S/C32H39N5O8S/c1-6-7-16-44-26-15-14-23(27(37-26)30(40)35-21-11-8-19(9-12-21)28(33)34)22-13-10-20(17-24(22)31(41)45-46(5,42)43)29(39)36-25(18-38)32(2,3)4/h8-15,17,25,38H,6-7,16,18H2,1-5H3,(H3,33,34)(H,35,40)(H,36,39)/t25-/m1/s1. The lowest BCUT2D eigenvalue weighted by atomic mass is 9.87. The van der Waals surface area contributed by atoms with Gasteiger partial charge in [-0.2, -0.15) is 8.42 Å². The number of nitrogens with one attached hydrogen (secondary N) is 3. The van der Waals surface area contributed by atoms with Crippen molar-refractivity contribution in [1.82, 2.24) is 10.3 Å². The molecule has 6 N–H and O–H groups in total. The molecule has 1 heterocycles. The highest BCUT2D eigenvalue weighted by molar-refractivity contribution is 7.86. The predicted octanol–water partition coefficient (Wildman–Crippen LogP) is 3.72. The van der Waals surface area contributed by atoms with E-state index in [9.17, 15) is 27.9 Å². The SMILES string of the molecule is CCCCOc1ccc(-c2ccc(C(=O)N[C@H](CO)C(C)(C)C)cc2C(=O)OS(C)(=O)=O)c(C(=O)Nc2ccc(C(=N)N)cc2)n1. The molecular weight excluding hydrogens is 614 g/mol. The molecule has 1 aromatic heterocycles. The van der Waals surface area contributed by atoms with E-state index in [-0.39, 0.29) is 46.3 Å². The smallest absolute Gasteiger partial charge is 0.354 e. The summed E-state index contributed by atoms with van der Waals surface area (Å²) in [6, 6.07) is 12.5. The number of aromatic nitrogens is 1. The summed E-state index contributed by atoms with van der Waals surface area (Å²) in [5, 5.41) is 22.8. The lowest BCUT2D eigenvalue weighted by molar-refractivity contribution is 0.0748. The summed E-state index contributed by atoms with van der Waals surface area (Å²) in [5.74, 6) is -2.60. The Balaban J connectivity index is 2.15. The Hall–Kier alpha value is -4.82. The quantitative estimate of drug-likeness (QED) is 0.0781. The van der Waals surface area contributed by atoms with Gasteiger partial charge in [-0.05, 0) is 59.9 Å². The first-order valence-corrected chi connectivity index (χ1v) is 16.2. The van der Waals surface area contributed by atoms with Crippen molar-refractivity contribution < 1.29 is 36.8 Å². The second-order valence-electron chi connectivity index (χ2n) is 11.6. The minimum Gasteiger partial charge on any atom is -0.478 e. The van der Waals surface area contributed by atoms with Crippen LogP contribution in [0, 0.1) is 10.8 Å². The Bertz CT molecular complexity index is 1720. The third-order valence-corrected chi connectivity index (χ3v) is 7.29. The van der Waals surface area contributed by atoms with Crippen LogP contribution < -0.4 is 21.1 Å². The lowest BCUT2D eigenvalue weighted by Gasteiger charge is -2.29. The summed E-state index contributed by atoms with van der Waals surface area (Å²) < 4.78 is 34.3. The molecule has 0 spiro atoms. The van der Waals surface area contributed by atoms with E-state index in [1.807, 2.05) is 27.7 Å². The number of nitrogen functional groups attached to an aromatic ring is 1. The van der Waals surface area contributed by atoms with Gasteiger partial charge in [0, 0.05) is 28.4 Å². The number of carbonyl (C=O) groups excluding carboxylic acids is 3. The number of benzene rings is 2. The monoisotopic (exact) mass is 653 g/mol.